The van der Waals surface area contributed by atoms with E-state index in [1.807, 2.05) is 12.1 Å². The van der Waals surface area contributed by atoms with Crippen LogP contribution in [0.3, 0.4) is 0 Å². The average molecular weight is 287 g/mol. The number of benzene rings is 1. The number of alkyl halides is 3. The van der Waals surface area contributed by atoms with Gasteiger partial charge in [0, 0.05) is 0 Å². The number of halogens is 3. The molecule has 1 amide bonds. The van der Waals surface area contributed by atoms with Gasteiger partial charge in [0.05, 0.1) is 0 Å². The Balaban J connectivity index is 1.90. The van der Waals surface area contributed by atoms with Gasteiger partial charge in [-0.2, -0.15) is 13.2 Å². The zero-order valence-electron chi connectivity index (χ0n) is 11.1. The molecule has 0 unspecified atom stereocenters. The van der Waals surface area contributed by atoms with Gasteiger partial charge in [0.15, 0.2) is 6.10 Å². The molecule has 3 nitrogen and oxygen atoms in total. The predicted molar refractivity (Wildman–Crippen MR) is 67.6 cm³/mol. The molecular formula is C14H16F3NO2. The van der Waals surface area contributed by atoms with Crippen molar-refractivity contribution in [2.24, 2.45) is 0 Å². The molecule has 1 atom stereocenters. The van der Waals surface area contributed by atoms with E-state index in [0.717, 1.165) is 19.3 Å². The molecule has 0 fully saturated rings. The number of ether oxygens (including phenoxy) is 1. The Morgan fingerprint density at radius 2 is 2.05 bits per heavy atom. The summed E-state index contributed by atoms with van der Waals surface area (Å²) in [6.07, 6.45) is -2.27. The van der Waals surface area contributed by atoms with E-state index in [-0.39, 0.29) is 0 Å². The first-order valence-electron chi connectivity index (χ1n) is 6.48. The lowest BCUT2D eigenvalue weighted by atomic mass is 10.1. The van der Waals surface area contributed by atoms with Gasteiger partial charge in [-0.05, 0) is 49.4 Å². The van der Waals surface area contributed by atoms with E-state index in [9.17, 15) is 18.0 Å². The smallest absolute Gasteiger partial charge is 0.405 e. The lowest BCUT2D eigenvalue weighted by molar-refractivity contribution is -0.142. The first kappa shape index (κ1) is 14.7. The van der Waals surface area contributed by atoms with Gasteiger partial charge < -0.3 is 10.1 Å². The minimum Gasteiger partial charge on any atom is -0.481 e. The molecule has 0 aliphatic heterocycles. The van der Waals surface area contributed by atoms with Crippen LogP contribution < -0.4 is 10.1 Å². The van der Waals surface area contributed by atoms with E-state index < -0.39 is 24.7 Å². The van der Waals surface area contributed by atoms with Crippen LogP contribution in [-0.2, 0) is 17.6 Å². The first-order chi connectivity index (χ1) is 9.35. The Hall–Kier alpha value is -1.72. The maximum absolute atomic E-state index is 12.0. The minimum atomic E-state index is -4.41. The Bertz CT molecular complexity index is 500. The highest BCUT2D eigenvalue weighted by atomic mass is 19.4. The Labute approximate surface area is 115 Å². The fourth-order valence-corrected chi connectivity index (χ4v) is 2.21. The topological polar surface area (TPSA) is 38.3 Å². The number of carbonyl (C=O) groups is 1. The molecule has 0 heterocycles. The minimum absolute atomic E-state index is 0.514. The van der Waals surface area contributed by atoms with Crippen LogP contribution in [0.2, 0.25) is 0 Å². The van der Waals surface area contributed by atoms with Crippen molar-refractivity contribution in [3.8, 4) is 5.75 Å². The second kappa shape index (κ2) is 5.73. The molecule has 0 spiro atoms. The molecule has 0 bridgehead atoms. The summed E-state index contributed by atoms with van der Waals surface area (Å²) in [5, 5.41) is 1.81. The quantitative estimate of drug-likeness (QED) is 0.924. The third-order valence-electron chi connectivity index (χ3n) is 3.22. The van der Waals surface area contributed by atoms with E-state index in [1.165, 1.54) is 18.1 Å². The molecule has 0 saturated carbocycles. The molecule has 0 saturated heterocycles. The molecule has 6 heteroatoms. The van der Waals surface area contributed by atoms with Gasteiger partial charge in [0.1, 0.15) is 12.3 Å². The molecule has 0 radical (unpaired) electrons. The van der Waals surface area contributed by atoms with E-state index in [1.54, 1.807) is 11.4 Å². The van der Waals surface area contributed by atoms with Gasteiger partial charge in [-0.1, -0.05) is 6.07 Å². The van der Waals surface area contributed by atoms with E-state index >= 15 is 0 Å². The highest BCUT2D eigenvalue weighted by molar-refractivity contribution is 5.80. The van der Waals surface area contributed by atoms with E-state index in [2.05, 4.69) is 0 Å². The standard InChI is InChI=1S/C14H16F3NO2/c1-9(13(19)18-8-14(15,16)17)20-12-6-5-10-3-2-4-11(10)7-12/h5-7,9H,2-4,8H2,1H3,(H,18,19)/t9-/m0/s1. The molecule has 1 aromatic carbocycles. The molecule has 2 rings (SSSR count). The third-order valence-corrected chi connectivity index (χ3v) is 3.22. The Kier molecular flexibility index (Phi) is 4.20. The zero-order chi connectivity index (χ0) is 14.8. The van der Waals surface area contributed by atoms with Crippen LogP contribution in [-0.4, -0.2) is 24.7 Å². The monoisotopic (exact) mass is 287 g/mol. The van der Waals surface area contributed by atoms with Crippen molar-refractivity contribution >= 4 is 5.91 Å². The van der Waals surface area contributed by atoms with Gasteiger partial charge in [-0.15, -0.1) is 0 Å². The summed E-state index contributed by atoms with van der Waals surface area (Å²) in [5.74, 6) is -0.261. The molecule has 1 N–H and O–H groups in total. The molecule has 1 aromatic rings. The summed E-state index contributed by atoms with van der Waals surface area (Å²) >= 11 is 0. The molecule has 110 valence electrons. The zero-order valence-corrected chi connectivity index (χ0v) is 11.1. The summed E-state index contributed by atoms with van der Waals surface area (Å²) in [6.45, 7) is 0.0860. The van der Waals surface area contributed by atoms with Crippen LogP contribution in [0.15, 0.2) is 18.2 Å². The summed E-state index contributed by atoms with van der Waals surface area (Å²) in [5.41, 5.74) is 2.46. The number of rotatable bonds is 4. The van der Waals surface area contributed by atoms with Gasteiger partial charge in [-0.25, -0.2) is 0 Å². The summed E-state index contributed by atoms with van der Waals surface area (Å²) in [7, 11) is 0. The van der Waals surface area contributed by atoms with Crippen molar-refractivity contribution in [2.45, 2.75) is 38.5 Å². The van der Waals surface area contributed by atoms with Crippen molar-refractivity contribution in [3.05, 3.63) is 29.3 Å². The van der Waals surface area contributed by atoms with Gasteiger partial charge in [-0.3, -0.25) is 4.79 Å². The Morgan fingerprint density at radius 1 is 1.35 bits per heavy atom. The number of fused-ring (bicyclic) bond motifs is 1. The highest BCUT2D eigenvalue weighted by Gasteiger charge is 2.29. The van der Waals surface area contributed by atoms with Crippen molar-refractivity contribution in [1.82, 2.24) is 5.32 Å². The maximum atomic E-state index is 12.0. The normalized spacial score (nSPS) is 15.6. The van der Waals surface area contributed by atoms with Crippen molar-refractivity contribution in [2.75, 3.05) is 6.54 Å². The van der Waals surface area contributed by atoms with Crippen LogP contribution in [0.1, 0.15) is 24.5 Å². The number of hydrogen-bond donors (Lipinski definition) is 1. The summed E-state index contributed by atoms with van der Waals surface area (Å²) < 4.78 is 41.4. The van der Waals surface area contributed by atoms with Crippen molar-refractivity contribution in [1.29, 1.82) is 0 Å². The van der Waals surface area contributed by atoms with E-state index in [0.29, 0.717) is 5.75 Å². The number of nitrogens with one attached hydrogen (secondary N) is 1. The SMILES string of the molecule is C[C@H](Oc1ccc2c(c1)CCC2)C(=O)NCC(F)(F)F. The second-order valence-corrected chi connectivity index (χ2v) is 4.88. The van der Waals surface area contributed by atoms with Crippen LogP contribution in [0.4, 0.5) is 13.2 Å². The first-order valence-corrected chi connectivity index (χ1v) is 6.48. The number of aryl methyl sites for hydroxylation is 2. The van der Waals surface area contributed by atoms with Crippen LogP contribution in [0.25, 0.3) is 0 Å². The summed E-state index contributed by atoms with van der Waals surface area (Å²) in [6, 6.07) is 5.55. The Morgan fingerprint density at radius 3 is 2.75 bits per heavy atom. The second-order valence-electron chi connectivity index (χ2n) is 4.88. The van der Waals surface area contributed by atoms with Crippen LogP contribution >= 0.6 is 0 Å². The average Bonchev–Trinajstić information content (AvgIpc) is 2.82. The largest absolute Gasteiger partial charge is 0.481 e. The predicted octanol–water partition coefficient (Wildman–Crippen LogP) is 2.62. The van der Waals surface area contributed by atoms with Crippen LogP contribution in [0.5, 0.6) is 5.75 Å². The highest BCUT2D eigenvalue weighted by Crippen LogP contribution is 2.26. The third kappa shape index (κ3) is 3.88. The molecule has 0 aromatic heterocycles. The van der Waals surface area contributed by atoms with Crippen molar-refractivity contribution < 1.29 is 22.7 Å². The van der Waals surface area contributed by atoms with Gasteiger partial charge in [0.25, 0.3) is 5.91 Å². The van der Waals surface area contributed by atoms with Gasteiger partial charge >= 0.3 is 6.18 Å². The molecule has 1 aliphatic rings. The molecule has 20 heavy (non-hydrogen) atoms. The number of hydrogen-bond acceptors (Lipinski definition) is 2. The van der Waals surface area contributed by atoms with E-state index in [4.69, 9.17) is 4.74 Å². The lowest BCUT2D eigenvalue weighted by Crippen LogP contribution is -2.41. The fraction of sp³-hybridized carbons (Fsp3) is 0.500. The maximum Gasteiger partial charge on any atom is 0.405 e. The molecular weight excluding hydrogens is 271 g/mol. The lowest BCUT2D eigenvalue weighted by Gasteiger charge is -2.16. The van der Waals surface area contributed by atoms with Gasteiger partial charge in [0.2, 0.25) is 0 Å². The fourth-order valence-electron chi connectivity index (χ4n) is 2.21. The number of carbonyl (C=O) groups excluding carboxylic acids is 1. The van der Waals surface area contributed by atoms with Crippen molar-refractivity contribution in [3.63, 3.8) is 0 Å². The summed E-state index contributed by atoms with van der Waals surface area (Å²) in [4.78, 5) is 11.5. The number of amides is 1. The molecule has 1 aliphatic carbocycles. The van der Waals surface area contributed by atoms with Crippen LogP contribution in [0, 0.1) is 0 Å².